The Kier molecular flexibility index (Phi) is 3.35. The van der Waals surface area contributed by atoms with E-state index in [0.29, 0.717) is 0 Å². The van der Waals surface area contributed by atoms with Crippen LogP contribution in [0.3, 0.4) is 0 Å². The number of aromatic nitrogens is 2. The van der Waals surface area contributed by atoms with Crippen molar-refractivity contribution in [2.75, 3.05) is 0 Å². The number of fused-ring (bicyclic) bond motifs is 1. The van der Waals surface area contributed by atoms with E-state index in [9.17, 15) is 0 Å². The first-order chi connectivity index (χ1) is 11.3. The largest absolute Gasteiger partial charge is 0.255 e. The van der Waals surface area contributed by atoms with E-state index in [1.54, 1.807) is 0 Å². The zero-order chi connectivity index (χ0) is 15.6. The second-order valence-corrected chi connectivity index (χ2v) is 5.71. The maximum absolute atomic E-state index is 4.48. The van der Waals surface area contributed by atoms with Gasteiger partial charge in [0.05, 0.1) is 11.4 Å². The Morgan fingerprint density at radius 1 is 0.609 bits per heavy atom. The highest BCUT2D eigenvalue weighted by Crippen LogP contribution is 2.27. The summed E-state index contributed by atoms with van der Waals surface area (Å²) in [6, 6.07) is 23.2. The fourth-order valence-corrected chi connectivity index (χ4v) is 2.80. The third-order valence-electron chi connectivity index (χ3n) is 4.02. The van der Waals surface area contributed by atoms with Gasteiger partial charge < -0.3 is 0 Å². The molecule has 2 aromatic carbocycles. The fourth-order valence-electron chi connectivity index (χ4n) is 2.80. The van der Waals surface area contributed by atoms with Crippen LogP contribution < -0.4 is 0 Å². The van der Waals surface area contributed by atoms with Crippen LogP contribution in [0.4, 0.5) is 0 Å². The molecule has 2 heteroatoms. The normalized spacial score (nSPS) is 10.8. The molecule has 2 heterocycles. The summed E-state index contributed by atoms with van der Waals surface area (Å²) in [5.74, 6) is 0. The van der Waals surface area contributed by atoms with Gasteiger partial charge in [-0.1, -0.05) is 36.4 Å². The molecule has 4 aromatic rings. The summed E-state index contributed by atoms with van der Waals surface area (Å²) in [5, 5.41) is 2.50. The minimum absolute atomic E-state index is 0.902. The molecule has 0 N–H and O–H groups in total. The lowest BCUT2D eigenvalue weighted by Crippen LogP contribution is -1.89. The molecule has 0 atom stereocenters. The molecule has 0 saturated carbocycles. The van der Waals surface area contributed by atoms with Crippen molar-refractivity contribution in [1.82, 2.24) is 9.97 Å². The molecule has 23 heavy (non-hydrogen) atoms. The Hall–Kier alpha value is -3.00. The van der Waals surface area contributed by atoms with Gasteiger partial charge in [-0.05, 0) is 64.7 Å². The van der Waals surface area contributed by atoms with Crippen molar-refractivity contribution in [3.05, 3.63) is 84.7 Å². The molecule has 2 aromatic heterocycles. The van der Waals surface area contributed by atoms with E-state index in [4.69, 9.17) is 0 Å². The number of benzene rings is 2. The van der Waals surface area contributed by atoms with Crippen LogP contribution in [0.1, 0.15) is 5.56 Å². The molecule has 4 rings (SSSR count). The van der Waals surface area contributed by atoms with Gasteiger partial charge in [0.1, 0.15) is 0 Å². The smallest absolute Gasteiger partial charge is 0.0892 e. The maximum atomic E-state index is 4.48. The number of aryl methyl sites for hydroxylation is 1. The maximum Gasteiger partial charge on any atom is 0.0892 e. The lowest BCUT2D eigenvalue weighted by molar-refractivity contribution is 1.23. The molecule has 0 aliphatic heterocycles. The summed E-state index contributed by atoms with van der Waals surface area (Å²) < 4.78 is 0. The van der Waals surface area contributed by atoms with E-state index >= 15 is 0 Å². The van der Waals surface area contributed by atoms with Gasteiger partial charge in [0.15, 0.2) is 0 Å². The van der Waals surface area contributed by atoms with Gasteiger partial charge in [-0.2, -0.15) is 0 Å². The van der Waals surface area contributed by atoms with Crippen LogP contribution in [-0.4, -0.2) is 9.97 Å². The molecule has 0 fully saturated rings. The first kappa shape index (κ1) is 13.6. The molecule has 2 nitrogen and oxygen atoms in total. The van der Waals surface area contributed by atoms with Gasteiger partial charge in [-0.3, -0.25) is 9.97 Å². The number of hydrogen-bond donors (Lipinski definition) is 0. The Morgan fingerprint density at radius 3 is 2.13 bits per heavy atom. The van der Waals surface area contributed by atoms with E-state index in [1.165, 1.54) is 21.9 Å². The standard InChI is InChI=1S/C21H16N2/c1-15-8-10-22-20(12-15)21-14-19(9-11-23-21)18-7-6-16-4-2-3-5-17(16)13-18/h2-14H,1H3. The fraction of sp³-hybridized carbons (Fsp3) is 0.0476. The lowest BCUT2D eigenvalue weighted by Gasteiger charge is -2.07. The predicted molar refractivity (Wildman–Crippen MR) is 95.1 cm³/mol. The minimum Gasteiger partial charge on any atom is -0.255 e. The van der Waals surface area contributed by atoms with Crippen LogP contribution >= 0.6 is 0 Å². The van der Waals surface area contributed by atoms with Crippen molar-refractivity contribution < 1.29 is 0 Å². The molecule has 0 aliphatic rings. The molecule has 0 saturated heterocycles. The van der Waals surface area contributed by atoms with Crippen molar-refractivity contribution in [2.45, 2.75) is 6.92 Å². The molecule has 0 spiro atoms. The zero-order valence-electron chi connectivity index (χ0n) is 12.9. The average Bonchev–Trinajstić information content (AvgIpc) is 2.61. The van der Waals surface area contributed by atoms with Crippen LogP contribution in [0.5, 0.6) is 0 Å². The first-order valence-electron chi connectivity index (χ1n) is 7.68. The SMILES string of the molecule is Cc1ccnc(-c2cc(-c3ccc4ccccc4c3)ccn2)c1. The van der Waals surface area contributed by atoms with Gasteiger partial charge in [0.2, 0.25) is 0 Å². The van der Waals surface area contributed by atoms with Gasteiger partial charge in [-0.15, -0.1) is 0 Å². The Labute approximate surface area is 135 Å². The van der Waals surface area contributed by atoms with Crippen molar-refractivity contribution in [1.29, 1.82) is 0 Å². The molecule has 0 aliphatic carbocycles. The van der Waals surface area contributed by atoms with Crippen LogP contribution in [0.25, 0.3) is 33.3 Å². The highest BCUT2D eigenvalue weighted by Gasteiger charge is 2.05. The number of nitrogens with zero attached hydrogens (tertiary/aromatic N) is 2. The molecule has 0 amide bonds. The van der Waals surface area contributed by atoms with Gasteiger partial charge >= 0.3 is 0 Å². The van der Waals surface area contributed by atoms with Gasteiger partial charge in [-0.25, -0.2) is 0 Å². The number of pyridine rings is 2. The highest BCUT2D eigenvalue weighted by molar-refractivity contribution is 5.87. The van der Waals surface area contributed by atoms with Crippen molar-refractivity contribution in [3.8, 4) is 22.5 Å². The summed E-state index contributed by atoms with van der Waals surface area (Å²) in [6.45, 7) is 2.07. The van der Waals surface area contributed by atoms with Crippen LogP contribution in [0, 0.1) is 6.92 Å². The molecule has 0 unspecified atom stereocenters. The first-order valence-corrected chi connectivity index (χ1v) is 7.68. The van der Waals surface area contributed by atoms with Gasteiger partial charge in [0, 0.05) is 12.4 Å². The van der Waals surface area contributed by atoms with Crippen LogP contribution in [0.2, 0.25) is 0 Å². The van der Waals surface area contributed by atoms with E-state index in [2.05, 4.69) is 71.5 Å². The van der Waals surface area contributed by atoms with Gasteiger partial charge in [0.25, 0.3) is 0 Å². The minimum atomic E-state index is 0.902. The molecule has 0 bridgehead atoms. The van der Waals surface area contributed by atoms with Crippen molar-refractivity contribution in [3.63, 3.8) is 0 Å². The topological polar surface area (TPSA) is 25.8 Å². The second-order valence-electron chi connectivity index (χ2n) is 5.71. The van der Waals surface area contributed by atoms with E-state index in [1.807, 2.05) is 24.5 Å². The number of hydrogen-bond acceptors (Lipinski definition) is 2. The highest BCUT2D eigenvalue weighted by atomic mass is 14.8. The van der Waals surface area contributed by atoms with Crippen LogP contribution in [0.15, 0.2) is 79.1 Å². The lowest BCUT2D eigenvalue weighted by atomic mass is 10.0. The molecule has 110 valence electrons. The molecular formula is C21H16N2. The van der Waals surface area contributed by atoms with Crippen molar-refractivity contribution >= 4 is 10.8 Å². The van der Waals surface area contributed by atoms with E-state index in [-0.39, 0.29) is 0 Å². The quantitative estimate of drug-likeness (QED) is 0.503. The third kappa shape index (κ3) is 2.71. The zero-order valence-corrected chi connectivity index (χ0v) is 12.9. The second kappa shape index (κ2) is 5.65. The third-order valence-corrected chi connectivity index (χ3v) is 4.02. The monoisotopic (exact) mass is 296 g/mol. The Morgan fingerprint density at radius 2 is 1.30 bits per heavy atom. The van der Waals surface area contributed by atoms with E-state index in [0.717, 1.165) is 17.0 Å². The molecule has 0 radical (unpaired) electrons. The summed E-state index contributed by atoms with van der Waals surface area (Å²) in [4.78, 5) is 8.91. The van der Waals surface area contributed by atoms with Crippen LogP contribution in [-0.2, 0) is 0 Å². The molecular weight excluding hydrogens is 280 g/mol. The summed E-state index contributed by atoms with van der Waals surface area (Å²) in [5.41, 5.74) is 5.35. The summed E-state index contributed by atoms with van der Waals surface area (Å²) >= 11 is 0. The number of rotatable bonds is 2. The predicted octanol–water partition coefficient (Wildman–Crippen LogP) is 5.27. The Balaban J connectivity index is 1.81. The van der Waals surface area contributed by atoms with Crippen molar-refractivity contribution in [2.24, 2.45) is 0 Å². The Bertz CT molecular complexity index is 989. The van der Waals surface area contributed by atoms with E-state index < -0.39 is 0 Å². The average molecular weight is 296 g/mol. The summed E-state index contributed by atoms with van der Waals surface area (Å²) in [6.07, 6.45) is 3.68. The summed E-state index contributed by atoms with van der Waals surface area (Å²) in [7, 11) is 0.